The number of nitrogens with zero attached hydrogens (tertiary/aromatic N) is 3. The van der Waals surface area contributed by atoms with Crippen LogP contribution in [0.15, 0.2) is 78.9 Å². The number of amides is 1. The fourth-order valence-corrected chi connectivity index (χ4v) is 4.27. The minimum Gasteiger partial charge on any atom is -0.338 e. The van der Waals surface area contributed by atoms with Crippen molar-refractivity contribution in [3.8, 4) is 0 Å². The predicted octanol–water partition coefficient (Wildman–Crippen LogP) is 4.74. The molecular weight excluding hydrogens is 377 g/mol. The first-order valence-electron chi connectivity index (χ1n) is 10.2. The molecule has 1 aromatic heterocycles. The molecule has 4 nitrogen and oxygen atoms in total. The van der Waals surface area contributed by atoms with Crippen LogP contribution >= 0.6 is 0 Å². The number of hydrogen-bond acceptors (Lipinski definition) is 2. The van der Waals surface area contributed by atoms with E-state index in [-0.39, 0.29) is 17.6 Å². The third-order valence-corrected chi connectivity index (χ3v) is 5.77. The number of imidazole rings is 1. The molecule has 150 valence electrons. The van der Waals surface area contributed by atoms with E-state index in [2.05, 4.69) is 4.57 Å². The lowest BCUT2D eigenvalue weighted by Crippen LogP contribution is -2.24. The van der Waals surface area contributed by atoms with E-state index >= 15 is 0 Å². The number of hydrogen-bond donors (Lipinski definition) is 0. The molecule has 1 unspecified atom stereocenters. The summed E-state index contributed by atoms with van der Waals surface area (Å²) in [6.07, 6.45) is 0.424. The van der Waals surface area contributed by atoms with Crippen molar-refractivity contribution in [1.29, 1.82) is 0 Å². The van der Waals surface area contributed by atoms with Gasteiger partial charge in [-0.25, -0.2) is 9.37 Å². The van der Waals surface area contributed by atoms with Gasteiger partial charge in [0.05, 0.1) is 17.6 Å². The molecule has 0 radical (unpaired) electrons. The highest BCUT2D eigenvalue weighted by atomic mass is 19.1. The summed E-state index contributed by atoms with van der Waals surface area (Å²) in [6, 6.07) is 24.7. The van der Waals surface area contributed by atoms with Gasteiger partial charge in [-0.1, -0.05) is 60.7 Å². The van der Waals surface area contributed by atoms with Crippen LogP contribution in [0, 0.1) is 5.82 Å². The molecule has 0 saturated carbocycles. The van der Waals surface area contributed by atoms with E-state index in [1.807, 2.05) is 65.6 Å². The Labute approximate surface area is 174 Å². The topological polar surface area (TPSA) is 38.1 Å². The van der Waals surface area contributed by atoms with Crippen LogP contribution < -0.4 is 0 Å². The quantitative estimate of drug-likeness (QED) is 0.486. The van der Waals surface area contributed by atoms with Crippen molar-refractivity contribution in [3.05, 3.63) is 102 Å². The summed E-state index contributed by atoms with van der Waals surface area (Å²) in [6.45, 7) is 1.62. The van der Waals surface area contributed by atoms with Crippen molar-refractivity contribution in [3.63, 3.8) is 0 Å². The van der Waals surface area contributed by atoms with E-state index in [1.54, 1.807) is 12.1 Å². The number of aromatic nitrogens is 2. The smallest absolute Gasteiger partial charge is 0.223 e. The third-order valence-electron chi connectivity index (χ3n) is 5.77. The molecule has 5 heteroatoms. The fraction of sp³-hybridized carbons (Fsp3) is 0.200. The number of likely N-dealkylation sites (tertiary alicyclic amines) is 1. The third kappa shape index (κ3) is 3.47. The monoisotopic (exact) mass is 399 g/mol. The lowest BCUT2D eigenvalue weighted by molar-refractivity contribution is -0.128. The summed E-state index contributed by atoms with van der Waals surface area (Å²) in [5.74, 6) is 0.742. The Morgan fingerprint density at radius 1 is 0.900 bits per heavy atom. The van der Waals surface area contributed by atoms with Gasteiger partial charge < -0.3 is 9.47 Å². The first-order chi connectivity index (χ1) is 14.7. The molecule has 1 aliphatic heterocycles. The number of fused-ring (bicyclic) bond motifs is 1. The molecule has 1 amide bonds. The zero-order valence-electron chi connectivity index (χ0n) is 16.5. The van der Waals surface area contributed by atoms with Crippen molar-refractivity contribution in [2.24, 2.45) is 0 Å². The van der Waals surface area contributed by atoms with Gasteiger partial charge in [0.25, 0.3) is 0 Å². The largest absolute Gasteiger partial charge is 0.338 e. The first-order valence-corrected chi connectivity index (χ1v) is 10.2. The van der Waals surface area contributed by atoms with Gasteiger partial charge in [0.15, 0.2) is 0 Å². The van der Waals surface area contributed by atoms with E-state index in [9.17, 15) is 9.18 Å². The van der Waals surface area contributed by atoms with Crippen molar-refractivity contribution in [2.45, 2.75) is 25.4 Å². The maximum absolute atomic E-state index is 14.4. The Bertz CT molecular complexity index is 1200. The first kappa shape index (κ1) is 18.6. The predicted molar refractivity (Wildman–Crippen MR) is 114 cm³/mol. The Hall–Kier alpha value is -3.47. The van der Waals surface area contributed by atoms with Gasteiger partial charge in [-0.3, -0.25) is 4.79 Å². The van der Waals surface area contributed by atoms with E-state index in [0.29, 0.717) is 31.6 Å². The number of rotatable bonds is 5. The molecule has 0 bridgehead atoms. The van der Waals surface area contributed by atoms with E-state index in [4.69, 9.17) is 4.98 Å². The van der Waals surface area contributed by atoms with Crippen LogP contribution in [0.3, 0.4) is 0 Å². The molecular formula is C25H22FN3O. The Morgan fingerprint density at radius 2 is 1.63 bits per heavy atom. The van der Waals surface area contributed by atoms with Gasteiger partial charge in [0, 0.05) is 31.0 Å². The van der Waals surface area contributed by atoms with Crippen LogP contribution in [0.5, 0.6) is 0 Å². The second kappa shape index (κ2) is 7.75. The number of carbonyl (C=O) groups excluding carboxylic acids is 1. The van der Waals surface area contributed by atoms with Crippen LogP contribution in [0.2, 0.25) is 0 Å². The standard InChI is InChI=1S/C25H22FN3O/c26-21-11-5-4-10-19(21)17-29-23-13-7-6-12-22(23)27-25(29)20-14-24(30)28(16-20)15-18-8-2-1-3-9-18/h1-13,20H,14-17H2. The van der Waals surface area contributed by atoms with Crippen LogP contribution in [-0.2, 0) is 17.9 Å². The molecule has 3 aromatic carbocycles. The van der Waals surface area contributed by atoms with Crippen LogP contribution in [0.4, 0.5) is 4.39 Å². The molecule has 1 fully saturated rings. The molecule has 4 aromatic rings. The average Bonchev–Trinajstić information content (AvgIpc) is 3.31. The van der Waals surface area contributed by atoms with Crippen molar-refractivity contribution in [2.75, 3.05) is 6.54 Å². The Kier molecular flexibility index (Phi) is 4.79. The Morgan fingerprint density at radius 3 is 2.47 bits per heavy atom. The van der Waals surface area contributed by atoms with Gasteiger partial charge in [-0.05, 0) is 23.8 Å². The fourth-order valence-electron chi connectivity index (χ4n) is 4.27. The molecule has 0 aliphatic carbocycles. The van der Waals surface area contributed by atoms with Gasteiger partial charge in [0.1, 0.15) is 11.6 Å². The maximum Gasteiger partial charge on any atom is 0.223 e. The van der Waals surface area contributed by atoms with Gasteiger partial charge in [-0.15, -0.1) is 0 Å². The van der Waals surface area contributed by atoms with Gasteiger partial charge in [0.2, 0.25) is 5.91 Å². The van der Waals surface area contributed by atoms with Crippen molar-refractivity contribution >= 4 is 16.9 Å². The van der Waals surface area contributed by atoms with Crippen LogP contribution in [-0.4, -0.2) is 26.9 Å². The SMILES string of the molecule is O=C1CC(c2nc3ccccc3n2Cc2ccccc2F)CN1Cc1ccccc1. The zero-order chi connectivity index (χ0) is 20.5. The summed E-state index contributed by atoms with van der Waals surface area (Å²) >= 11 is 0. The lowest BCUT2D eigenvalue weighted by atomic mass is 10.1. The summed E-state index contributed by atoms with van der Waals surface area (Å²) < 4.78 is 16.4. The second-order valence-electron chi connectivity index (χ2n) is 7.80. The molecule has 1 aliphatic rings. The van der Waals surface area contributed by atoms with Gasteiger partial charge in [-0.2, -0.15) is 0 Å². The highest BCUT2D eigenvalue weighted by Crippen LogP contribution is 2.32. The minimum atomic E-state index is -0.227. The molecule has 30 heavy (non-hydrogen) atoms. The van der Waals surface area contributed by atoms with Crippen LogP contribution in [0.25, 0.3) is 11.0 Å². The molecule has 1 saturated heterocycles. The molecule has 2 heterocycles. The molecule has 1 atom stereocenters. The Balaban J connectivity index is 1.48. The molecule has 0 spiro atoms. The highest BCUT2D eigenvalue weighted by Gasteiger charge is 2.34. The lowest BCUT2D eigenvalue weighted by Gasteiger charge is -2.17. The summed E-state index contributed by atoms with van der Waals surface area (Å²) in [7, 11) is 0. The summed E-state index contributed by atoms with van der Waals surface area (Å²) in [5.41, 5.74) is 3.57. The van der Waals surface area contributed by atoms with E-state index in [1.165, 1.54) is 6.07 Å². The highest BCUT2D eigenvalue weighted by molar-refractivity contribution is 5.81. The summed E-state index contributed by atoms with van der Waals surface area (Å²) in [5, 5.41) is 0. The summed E-state index contributed by atoms with van der Waals surface area (Å²) in [4.78, 5) is 19.5. The normalized spacial score (nSPS) is 16.5. The van der Waals surface area contributed by atoms with Crippen molar-refractivity contribution in [1.82, 2.24) is 14.5 Å². The minimum absolute atomic E-state index is 0.0135. The number of carbonyl (C=O) groups is 1. The van der Waals surface area contributed by atoms with Crippen LogP contribution in [0.1, 0.15) is 29.3 Å². The number of para-hydroxylation sites is 2. The van der Waals surface area contributed by atoms with Gasteiger partial charge >= 0.3 is 0 Å². The average molecular weight is 399 g/mol. The number of halogens is 1. The zero-order valence-corrected chi connectivity index (χ0v) is 16.5. The molecule has 5 rings (SSSR count). The van der Waals surface area contributed by atoms with E-state index in [0.717, 1.165) is 22.4 Å². The van der Waals surface area contributed by atoms with E-state index < -0.39 is 0 Å². The maximum atomic E-state index is 14.4. The number of benzene rings is 3. The van der Waals surface area contributed by atoms with Crippen molar-refractivity contribution < 1.29 is 9.18 Å². The second-order valence-corrected chi connectivity index (χ2v) is 7.80. The molecule has 0 N–H and O–H groups in total.